The Balaban J connectivity index is 1.81. The summed E-state index contributed by atoms with van der Waals surface area (Å²) in [4.78, 5) is 25.9. The van der Waals surface area contributed by atoms with Crippen LogP contribution in [0.2, 0.25) is 5.02 Å². The molecule has 5 N–H and O–H groups in total. The summed E-state index contributed by atoms with van der Waals surface area (Å²) in [6.45, 7) is 2.19. The number of fused-ring (bicyclic) bond motifs is 1. The number of aliphatic hydroxyl groups excluding tert-OH is 1. The van der Waals surface area contributed by atoms with Gasteiger partial charge in [0.25, 0.3) is 0 Å². The lowest BCUT2D eigenvalue weighted by molar-refractivity contribution is 0.172. The van der Waals surface area contributed by atoms with Gasteiger partial charge in [-0.05, 0) is 36.2 Å². The van der Waals surface area contributed by atoms with Crippen LogP contribution in [0.15, 0.2) is 45.6 Å². The third-order valence-electron chi connectivity index (χ3n) is 5.03. The van der Waals surface area contributed by atoms with Crippen molar-refractivity contribution >= 4 is 46.5 Å². The monoisotopic (exact) mass is 506 g/mol. The highest BCUT2D eigenvalue weighted by molar-refractivity contribution is 7.98. The predicted molar refractivity (Wildman–Crippen MR) is 135 cm³/mol. The molecular formula is C23H27ClN4O5S. The molecule has 0 aliphatic carbocycles. The number of hydrogen-bond acceptors (Lipinski definition) is 9. The second-order valence-corrected chi connectivity index (χ2v) is 9.01. The second-order valence-electron chi connectivity index (χ2n) is 7.91. The number of carbonyl (C=O) groups is 1. The maximum atomic E-state index is 12.8. The van der Waals surface area contributed by atoms with E-state index < -0.39 is 11.7 Å². The molecule has 1 unspecified atom stereocenters. The molecular weight excluding hydrogens is 480 g/mol. The van der Waals surface area contributed by atoms with Gasteiger partial charge in [0.15, 0.2) is 5.75 Å². The van der Waals surface area contributed by atoms with Gasteiger partial charge in [-0.15, -0.1) is 0 Å². The van der Waals surface area contributed by atoms with Gasteiger partial charge in [0, 0.05) is 67.9 Å². The molecule has 0 aliphatic heterocycles. The predicted octanol–water partition coefficient (Wildman–Crippen LogP) is 3.29. The number of carbonyl (C=O) groups excluding carboxylic acids is 1. The van der Waals surface area contributed by atoms with E-state index in [0.29, 0.717) is 23.9 Å². The zero-order valence-corrected chi connectivity index (χ0v) is 20.6. The van der Waals surface area contributed by atoms with Crippen LogP contribution in [0.5, 0.6) is 5.75 Å². The summed E-state index contributed by atoms with van der Waals surface area (Å²) < 4.78 is 17.0. The Morgan fingerprint density at radius 1 is 1.32 bits per heavy atom. The fourth-order valence-corrected chi connectivity index (χ4v) is 3.93. The Morgan fingerprint density at radius 2 is 2.09 bits per heavy atom. The molecule has 34 heavy (non-hydrogen) atoms. The van der Waals surface area contributed by atoms with Gasteiger partial charge in [0.2, 0.25) is 0 Å². The summed E-state index contributed by atoms with van der Waals surface area (Å²) >= 11 is 7.59. The van der Waals surface area contributed by atoms with E-state index in [1.165, 1.54) is 23.1 Å². The second kappa shape index (κ2) is 11.6. The first-order valence-corrected chi connectivity index (χ1v) is 11.6. The minimum atomic E-state index is -0.588. The van der Waals surface area contributed by atoms with Crippen LogP contribution in [0.25, 0.3) is 11.0 Å². The van der Waals surface area contributed by atoms with Crippen LogP contribution in [0, 0.1) is 6.92 Å². The molecule has 0 bridgehead atoms. The quantitative estimate of drug-likeness (QED) is 0.196. The van der Waals surface area contributed by atoms with Gasteiger partial charge in [0.05, 0.1) is 11.6 Å². The molecule has 3 rings (SSSR count). The average molecular weight is 507 g/mol. The smallest absolute Gasteiger partial charge is 0.414 e. The maximum Gasteiger partial charge on any atom is 0.414 e. The number of rotatable bonds is 9. The normalized spacial score (nSPS) is 11.9. The number of nitrogens with zero attached hydrogens (tertiary/aromatic N) is 1. The molecule has 1 atom stereocenters. The third kappa shape index (κ3) is 6.43. The molecule has 0 saturated carbocycles. The summed E-state index contributed by atoms with van der Waals surface area (Å²) in [5.41, 5.74) is 8.48. The lowest BCUT2D eigenvalue weighted by Gasteiger charge is -2.14. The van der Waals surface area contributed by atoms with Gasteiger partial charge >= 0.3 is 11.7 Å². The first-order chi connectivity index (χ1) is 16.2. The number of nitrogens with one attached hydrogen (secondary N) is 2. The summed E-state index contributed by atoms with van der Waals surface area (Å²) in [5, 5.41) is 9.87. The molecule has 0 radical (unpaired) electrons. The van der Waals surface area contributed by atoms with Crippen LogP contribution in [0.4, 0.5) is 10.5 Å². The molecule has 0 fully saturated rings. The fourth-order valence-electron chi connectivity index (χ4n) is 3.11. The van der Waals surface area contributed by atoms with E-state index in [1.54, 1.807) is 20.2 Å². The van der Waals surface area contributed by atoms with Gasteiger partial charge in [-0.25, -0.2) is 14.3 Å². The van der Waals surface area contributed by atoms with Crippen LogP contribution in [0.3, 0.4) is 0 Å². The number of aliphatic hydroxyl groups is 1. The zero-order chi connectivity index (χ0) is 24.8. The van der Waals surface area contributed by atoms with E-state index in [1.807, 2.05) is 31.2 Å². The molecule has 1 heterocycles. The first-order valence-electron chi connectivity index (χ1n) is 10.4. The molecule has 182 valence electrons. The van der Waals surface area contributed by atoms with E-state index in [2.05, 4.69) is 9.44 Å². The minimum absolute atomic E-state index is 0.0928. The van der Waals surface area contributed by atoms with E-state index in [4.69, 9.17) is 31.6 Å². The van der Waals surface area contributed by atoms with Gasteiger partial charge in [-0.2, -0.15) is 0 Å². The topological polar surface area (TPSA) is 130 Å². The number of anilines is 1. The molecule has 1 aromatic heterocycles. The lowest BCUT2D eigenvalue weighted by atomic mass is 9.99. The third-order valence-corrected chi connectivity index (χ3v) is 5.98. The van der Waals surface area contributed by atoms with Crippen molar-refractivity contribution < 1.29 is 19.1 Å². The molecule has 9 nitrogen and oxygen atoms in total. The SMILES string of the molecule is Cc1c(Cc2cccc(NSNCC(N)CO)c2)c(=O)oc2cc(OC(=O)N(C)C)c(Cl)cc12. The van der Waals surface area contributed by atoms with Crippen molar-refractivity contribution in [1.82, 2.24) is 9.62 Å². The molecule has 3 aromatic rings. The Hall–Kier alpha value is -2.76. The Labute approximate surface area is 206 Å². The molecule has 0 aliphatic rings. The van der Waals surface area contributed by atoms with Gasteiger partial charge < -0.3 is 29.6 Å². The van der Waals surface area contributed by atoms with Crippen molar-refractivity contribution in [3.05, 3.63) is 68.5 Å². The number of amides is 1. The van der Waals surface area contributed by atoms with Crippen molar-refractivity contribution in [3.63, 3.8) is 0 Å². The highest BCUT2D eigenvalue weighted by atomic mass is 35.5. The summed E-state index contributed by atoms with van der Waals surface area (Å²) in [6.07, 6.45) is -0.225. The molecule has 11 heteroatoms. The number of hydrogen-bond donors (Lipinski definition) is 4. The number of aryl methyl sites for hydroxylation is 1. The van der Waals surface area contributed by atoms with Crippen LogP contribution in [-0.2, 0) is 6.42 Å². The molecule has 0 spiro atoms. The van der Waals surface area contributed by atoms with Crippen LogP contribution < -0.4 is 25.5 Å². The van der Waals surface area contributed by atoms with E-state index in [9.17, 15) is 9.59 Å². The highest BCUT2D eigenvalue weighted by Gasteiger charge is 2.17. The van der Waals surface area contributed by atoms with Crippen molar-refractivity contribution in [3.8, 4) is 5.75 Å². The van der Waals surface area contributed by atoms with Crippen molar-refractivity contribution in [1.29, 1.82) is 0 Å². The number of benzene rings is 2. The number of halogens is 1. The number of nitrogens with two attached hydrogens (primary N) is 1. The average Bonchev–Trinajstić information content (AvgIpc) is 2.80. The van der Waals surface area contributed by atoms with Crippen LogP contribution >= 0.6 is 23.7 Å². The highest BCUT2D eigenvalue weighted by Crippen LogP contribution is 2.32. The Morgan fingerprint density at radius 3 is 2.79 bits per heavy atom. The Bertz CT molecular complexity index is 1230. The first kappa shape index (κ1) is 25.9. The molecule has 1 amide bonds. The van der Waals surface area contributed by atoms with Crippen LogP contribution in [-0.4, -0.2) is 49.4 Å². The Kier molecular flexibility index (Phi) is 8.81. The van der Waals surface area contributed by atoms with E-state index in [0.717, 1.165) is 16.8 Å². The van der Waals surface area contributed by atoms with Gasteiger partial charge in [0.1, 0.15) is 5.58 Å². The minimum Gasteiger partial charge on any atom is -0.422 e. The lowest BCUT2D eigenvalue weighted by Crippen LogP contribution is -2.34. The maximum absolute atomic E-state index is 12.8. The fraction of sp³-hybridized carbons (Fsp3) is 0.304. The van der Waals surface area contributed by atoms with Gasteiger partial charge in [-0.1, -0.05) is 23.7 Å². The largest absolute Gasteiger partial charge is 0.422 e. The summed E-state index contributed by atoms with van der Waals surface area (Å²) in [6, 6.07) is 10.4. The van der Waals surface area contributed by atoms with Crippen molar-refractivity contribution in [2.24, 2.45) is 5.73 Å². The summed E-state index contributed by atoms with van der Waals surface area (Å²) in [5.74, 6) is 0.119. The van der Waals surface area contributed by atoms with Crippen LogP contribution in [0.1, 0.15) is 16.7 Å². The van der Waals surface area contributed by atoms with Crippen molar-refractivity contribution in [2.75, 3.05) is 32.0 Å². The number of ether oxygens (including phenoxy) is 1. The summed E-state index contributed by atoms with van der Waals surface area (Å²) in [7, 11) is 3.11. The zero-order valence-electron chi connectivity index (χ0n) is 19.1. The molecule has 0 saturated heterocycles. The van der Waals surface area contributed by atoms with E-state index >= 15 is 0 Å². The van der Waals surface area contributed by atoms with Gasteiger partial charge in [-0.3, -0.25) is 0 Å². The van der Waals surface area contributed by atoms with Crippen molar-refractivity contribution in [2.45, 2.75) is 19.4 Å². The molecule has 2 aromatic carbocycles. The van der Waals surface area contributed by atoms with E-state index in [-0.39, 0.29) is 29.0 Å². The standard InChI is InChI=1S/C23H27ClN4O5S/c1-13-17-9-19(24)21(33-23(31)28(2)3)10-20(17)32-22(30)18(13)8-14-5-4-6-16(7-14)27-34-26-11-15(25)12-29/h4-7,9-10,15,26-27,29H,8,11-12,25H2,1-3H3.